The molecule has 3 heterocycles. The monoisotopic (exact) mass is 322 g/mol. The summed E-state index contributed by atoms with van der Waals surface area (Å²) in [6.45, 7) is 4.13. The van der Waals surface area contributed by atoms with Crippen molar-refractivity contribution < 1.29 is 4.74 Å². The maximum atomic E-state index is 5.49. The highest BCUT2D eigenvalue weighted by atomic mass is 16.5. The van der Waals surface area contributed by atoms with E-state index >= 15 is 0 Å². The normalized spacial score (nSPS) is 15.8. The molecular formula is C19H22N4O. The van der Waals surface area contributed by atoms with Gasteiger partial charge in [-0.3, -0.25) is 5.10 Å². The van der Waals surface area contributed by atoms with E-state index in [4.69, 9.17) is 4.74 Å². The van der Waals surface area contributed by atoms with E-state index in [2.05, 4.69) is 33.1 Å². The summed E-state index contributed by atoms with van der Waals surface area (Å²) in [5, 5.41) is 9.51. The van der Waals surface area contributed by atoms with Crippen molar-refractivity contribution in [3.8, 4) is 5.75 Å². The number of hydrogen-bond acceptors (Lipinski definition) is 4. The van der Waals surface area contributed by atoms with Gasteiger partial charge >= 0.3 is 0 Å². The predicted octanol–water partition coefficient (Wildman–Crippen LogP) is 3.66. The number of hydrogen-bond donors (Lipinski definition) is 1. The Morgan fingerprint density at radius 2 is 2.00 bits per heavy atom. The predicted molar refractivity (Wildman–Crippen MR) is 95.8 cm³/mol. The van der Waals surface area contributed by atoms with Gasteiger partial charge in [0.2, 0.25) is 0 Å². The molecular weight excluding hydrogens is 300 g/mol. The molecule has 24 heavy (non-hydrogen) atoms. The van der Waals surface area contributed by atoms with Crippen LogP contribution in [0.4, 0.5) is 5.82 Å². The summed E-state index contributed by atoms with van der Waals surface area (Å²) >= 11 is 0. The van der Waals surface area contributed by atoms with E-state index in [0.717, 1.165) is 48.3 Å². The minimum atomic E-state index is 0.588. The first kappa shape index (κ1) is 15.0. The number of pyridine rings is 1. The summed E-state index contributed by atoms with van der Waals surface area (Å²) in [6.07, 6.45) is 6.12. The number of anilines is 1. The molecule has 1 fully saturated rings. The van der Waals surface area contributed by atoms with Gasteiger partial charge in [-0.25, -0.2) is 4.98 Å². The van der Waals surface area contributed by atoms with Gasteiger partial charge in [-0.2, -0.15) is 5.10 Å². The number of nitrogens with zero attached hydrogens (tertiary/aromatic N) is 3. The van der Waals surface area contributed by atoms with Crippen LogP contribution in [0.5, 0.6) is 5.75 Å². The molecule has 1 N–H and O–H groups in total. The zero-order valence-corrected chi connectivity index (χ0v) is 14.1. The lowest BCUT2D eigenvalue weighted by Crippen LogP contribution is -2.33. The summed E-state index contributed by atoms with van der Waals surface area (Å²) in [5.74, 6) is 2.55. The number of nitrogens with one attached hydrogen (secondary N) is 1. The Labute approximate surface area is 141 Å². The van der Waals surface area contributed by atoms with Gasteiger partial charge in [0, 0.05) is 35.8 Å². The quantitative estimate of drug-likeness (QED) is 0.799. The molecule has 0 atom stereocenters. The molecule has 5 nitrogen and oxygen atoms in total. The highest BCUT2D eigenvalue weighted by Crippen LogP contribution is 2.35. The number of ether oxygens (including phenoxy) is 1. The minimum Gasteiger partial charge on any atom is -0.496 e. The van der Waals surface area contributed by atoms with Crippen molar-refractivity contribution >= 4 is 16.6 Å². The SMILES string of the molecule is COc1cccc2c(N3CCC(c4cn[nH]c4C)CC3)nccc12. The summed E-state index contributed by atoms with van der Waals surface area (Å²) in [5.41, 5.74) is 2.56. The summed E-state index contributed by atoms with van der Waals surface area (Å²) in [4.78, 5) is 7.06. The molecule has 1 aliphatic rings. The fourth-order valence-electron chi connectivity index (χ4n) is 3.77. The van der Waals surface area contributed by atoms with Crippen LogP contribution in [0.15, 0.2) is 36.7 Å². The number of benzene rings is 1. The Morgan fingerprint density at radius 1 is 1.17 bits per heavy atom. The third-order valence-corrected chi connectivity index (χ3v) is 5.07. The Bertz CT molecular complexity index is 849. The van der Waals surface area contributed by atoms with Crippen molar-refractivity contribution in [2.24, 2.45) is 0 Å². The Hall–Kier alpha value is -2.56. The molecule has 0 spiro atoms. The van der Waals surface area contributed by atoms with Gasteiger partial charge in [0.1, 0.15) is 11.6 Å². The first-order valence-corrected chi connectivity index (χ1v) is 8.44. The molecule has 0 amide bonds. The average molecular weight is 322 g/mol. The van der Waals surface area contributed by atoms with Crippen LogP contribution >= 0.6 is 0 Å². The van der Waals surface area contributed by atoms with E-state index in [1.54, 1.807) is 7.11 Å². The molecule has 2 aromatic heterocycles. The minimum absolute atomic E-state index is 0.588. The largest absolute Gasteiger partial charge is 0.496 e. The fraction of sp³-hybridized carbons (Fsp3) is 0.368. The van der Waals surface area contributed by atoms with E-state index in [1.165, 1.54) is 11.3 Å². The third kappa shape index (κ3) is 2.50. The van der Waals surface area contributed by atoms with Crippen LogP contribution in [-0.4, -0.2) is 35.4 Å². The van der Waals surface area contributed by atoms with E-state index < -0.39 is 0 Å². The van der Waals surface area contributed by atoms with Crippen LogP contribution in [0.25, 0.3) is 10.8 Å². The zero-order chi connectivity index (χ0) is 16.5. The molecule has 1 aromatic carbocycles. The maximum Gasteiger partial charge on any atom is 0.136 e. The summed E-state index contributed by atoms with van der Waals surface area (Å²) < 4.78 is 5.49. The van der Waals surface area contributed by atoms with E-state index in [1.807, 2.05) is 30.6 Å². The molecule has 0 unspecified atom stereocenters. The lowest BCUT2D eigenvalue weighted by Gasteiger charge is -2.33. The van der Waals surface area contributed by atoms with Gasteiger partial charge in [-0.05, 0) is 43.4 Å². The molecule has 124 valence electrons. The number of aromatic amines is 1. The van der Waals surface area contributed by atoms with Crippen LogP contribution in [0.1, 0.15) is 30.0 Å². The average Bonchev–Trinajstić information content (AvgIpc) is 3.07. The maximum absolute atomic E-state index is 5.49. The topological polar surface area (TPSA) is 54.0 Å². The molecule has 0 bridgehead atoms. The van der Waals surface area contributed by atoms with Gasteiger partial charge < -0.3 is 9.64 Å². The third-order valence-electron chi connectivity index (χ3n) is 5.07. The number of rotatable bonds is 3. The number of aromatic nitrogens is 3. The van der Waals surface area contributed by atoms with Gasteiger partial charge in [0.15, 0.2) is 0 Å². The smallest absolute Gasteiger partial charge is 0.136 e. The van der Waals surface area contributed by atoms with Gasteiger partial charge in [-0.1, -0.05) is 12.1 Å². The first-order chi connectivity index (χ1) is 11.8. The summed E-state index contributed by atoms with van der Waals surface area (Å²) in [6, 6.07) is 8.19. The Morgan fingerprint density at radius 3 is 2.71 bits per heavy atom. The summed E-state index contributed by atoms with van der Waals surface area (Å²) in [7, 11) is 1.72. The molecule has 4 rings (SSSR count). The van der Waals surface area contributed by atoms with Crippen molar-refractivity contribution in [3.63, 3.8) is 0 Å². The highest BCUT2D eigenvalue weighted by molar-refractivity contribution is 5.96. The van der Waals surface area contributed by atoms with E-state index in [0.29, 0.717) is 5.92 Å². The fourth-order valence-corrected chi connectivity index (χ4v) is 3.77. The number of fused-ring (bicyclic) bond motifs is 1. The molecule has 1 saturated heterocycles. The van der Waals surface area contributed by atoms with Crippen molar-refractivity contribution in [2.45, 2.75) is 25.7 Å². The number of piperidine rings is 1. The highest BCUT2D eigenvalue weighted by Gasteiger charge is 2.24. The molecule has 5 heteroatoms. The molecule has 3 aromatic rings. The Kier molecular flexibility index (Phi) is 3.84. The van der Waals surface area contributed by atoms with Gasteiger partial charge in [0.05, 0.1) is 13.3 Å². The number of aryl methyl sites for hydroxylation is 1. The van der Waals surface area contributed by atoms with Crippen molar-refractivity contribution in [3.05, 3.63) is 47.9 Å². The molecule has 0 aliphatic carbocycles. The molecule has 0 radical (unpaired) electrons. The molecule has 1 aliphatic heterocycles. The van der Waals surface area contributed by atoms with Crippen LogP contribution < -0.4 is 9.64 Å². The van der Waals surface area contributed by atoms with Crippen molar-refractivity contribution in [1.82, 2.24) is 15.2 Å². The van der Waals surface area contributed by atoms with Crippen LogP contribution in [0.2, 0.25) is 0 Å². The van der Waals surface area contributed by atoms with Gasteiger partial charge in [0.25, 0.3) is 0 Å². The van der Waals surface area contributed by atoms with E-state index in [9.17, 15) is 0 Å². The second kappa shape index (κ2) is 6.15. The first-order valence-electron chi connectivity index (χ1n) is 8.44. The van der Waals surface area contributed by atoms with E-state index in [-0.39, 0.29) is 0 Å². The van der Waals surface area contributed by atoms with Crippen molar-refractivity contribution in [2.75, 3.05) is 25.1 Å². The zero-order valence-electron chi connectivity index (χ0n) is 14.1. The second-order valence-corrected chi connectivity index (χ2v) is 6.40. The lowest BCUT2D eigenvalue weighted by molar-refractivity contribution is 0.420. The lowest BCUT2D eigenvalue weighted by atomic mass is 9.90. The van der Waals surface area contributed by atoms with Crippen LogP contribution in [-0.2, 0) is 0 Å². The van der Waals surface area contributed by atoms with Crippen molar-refractivity contribution in [1.29, 1.82) is 0 Å². The van der Waals surface area contributed by atoms with Gasteiger partial charge in [-0.15, -0.1) is 0 Å². The second-order valence-electron chi connectivity index (χ2n) is 6.40. The standard InChI is InChI=1S/C19H22N4O/c1-13-17(12-21-22-13)14-7-10-23(11-8-14)19-16-4-3-5-18(24-2)15(16)6-9-20-19/h3-6,9,12,14H,7-8,10-11H2,1-2H3,(H,21,22). The number of methoxy groups -OCH3 is 1. The molecule has 0 saturated carbocycles. The Balaban J connectivity index is 1.60. The number of H-pyrrole nitrogens is 1. The van der Waals surface area contributed by atoms with Crippen LogP contribution in [0, 0.1) is 6.92 Å². The van der Waals surface area contributed by atoms with Crippen LogP contribution in [0.3, 0.4) is 0 Å².